The molecular weight excluding hydrogens is 342 g/mol. The van der Waals surface area contributed by atoms with Crippen LogP contribution in [0.15, 0.2) is 35.4 Å². The summed E-state index contributed by atoms with van der Waals surface area (Å²) in [5.41, 5.74) is 0.869. The first kappa shape index (κ1) is 17.5. The maximum absolute atomic E-state index is 6.35. The van der Waals surface area contributed by atoms with E-state index >= 15 is 0 Å². The maximum Gasteiger partial charge on any atom is 0.164 e. The van der Waals surface area contributed by atoms with Gasteiger partial charge < -0.3 is 9.64 Å². The Balaban J connectivity index is 2.01. The zero-order valence-corrected chi connectivity index (χ0v) is 15.8. The summed E-state index contributed by atoms with van der Waals surface area (Å²) in [4.78, 5) is 11.8. The van der Waals surface area contributed by atoms with Gasteiger partial charge >= 0.3 is 0 Å². The van der Waals surface area contributed by atoms with Crippen LogP contribution in [0.5, 0.6) is 0 Å². The molecule has 0 saturated carbocycles. The molecule has 128 valence electrons. The van der Waals surface area contributed by atoms with Crippen molar-refractivity contribution in [1.82, 2.24) is 9.97 Å². The fraction of sp³-hybridized carbons (Fsp3) is 0.444. The van der Waals surface area contributed by atoms with Gasteiger partial charge in [-0.2, -0.15) is 0 Å². The van der Waals surface area contributed by atoms with Crippen molar-refractivity contribution in [3.8, 4) is 11.4 Å². The Hall–Kier alpha value is -1.30. The number of anilines is 1. The molecule has 2 heterocycles. The topological polar surface area (TPSA) is 38.2 Å². The summed E-state index contributed by atoms with van der Waals surface area (Å²) in [7, 11) is 0. The molecule has 0 unspecified atom stereocenters. The molecule has 1 aliphatic heterocycles. The lowest BCUT2D eigenvalue weighted by Crippen LogP contribution is -2.45. The Morgan fingerprint density at radius 1 is 1.21 bits per heavy atom. The van der Waals surface area contributed by atoms with Crippen molar-refractivity contribution in [3.63, 3.8) is 0 Å². The largest absolute Gasteiger partial charge is 0.372 e. The van der Waals surface area contributed by atoms with E-state index in [2.05, 4.69) is 31.7 Å². The van der Waals surface area contributed by atoms with E-state index in [1.165, 1.54) is 0 Å². The number of rotatable bonds is 4. The minimum atomic E-state index is 0.190. The summed E-state index contributed by atoms with van der Waals surface area (Å²) in [5, 5.41) is 1.65. The van der Waals surface area contributed by atoms with Gasteiger partial charge in [0.05, 0.1) is 17.2 Å². The van der Waals surface area contributed by atoms with Gasteiger partial charge in [0.2, 0.25) is 0 Å². The second-order valence-corrected chi connectivity index (χ2v) is 7.65. The molecule has 3 rings (SSSR count). The number of halogens is 1. The lowest BCUT2D eigenvalue weighted by molar-refractivity contribution is -0.00547. The quantitative estimate of drug-likeness (QED) is 0.589. The van der Waals surface area contributed by atoms with Gasteiger partial charge in [-0.05, 0) is 31.7 Å². The molecule has 0 N–H and O–H groups in total. The molecule has 0 aliphatic carbocycles. The zero-order valence-electron chi connectivity index (χ0n) is 14.2. The van der Waals surface area contributed by atoms with Gasteiger partial charge in [-0.15, -0.1) is 11.8 Å². The Labute approximate surface area is 152 Å². The lowest BCUT2D eigenvalue weighted by Gasteiger charge is -2.36. The van der Waals surface area contributed by atoms with Crippen LogP contribution in [0.4, 0.5) is 5.82 Å². The molecule has 1 saturated heterocycles. The third-order valence-corrected chi connectivity index (χ3v) is 4.96. The highest BCUT2D eigenvalue weighted by Gasteiger charge is 2.24. The predicted molar refractivity (Wildman–Crippen MR) is 101 cm³/mol. The molecule has 4 nitrogen and oxygen atoms in total. The van der Waals surface area contributed by atoms with Crippen LogP contribution >= 0.6 is 23.4 Å². The average Bonchev–Trinajstić information content (AvgIpc) is 2.54. The molecule has 0 amide bonds. The van der Waals surface area contributed by atoms with Crippen molar-refractivity contribution in [2.45, 2.75) is 38.0 Å². The van der Waals surface area contributed by atoms with Gasteiger partial charge in [-0.3, -0.25) is 0 Å². The lowest BCUT2D eigenvalue weighted by atomic mass is 10.2. The first-order valence-corrected chi connectivity index (χ1v) is 9.60. The Morgan fingerprint density at radius 3 is 2.58 bits per heavy atom. The Kier molecular flexibility index (Phi) is 5.64. The SMILES string of the molecule is CCSc1cc(N2C[C@H](C)O[C@@H](C)C2)nc(-c2ccccc2Cl)n1. The van der Waals surface area contributed by atoms with Gasteiger partial charge in [0.25, 0.3) is 0 Å². The highest BCUT2D eigenvalue weighted by Crippen LogP contribution is 2.30. The van der Waals surface area contributed by atoms with Crippen LogP contribution in [0.1, 0.15) is 20.8 Å². The molecular formula is C18H22ClN3OS. The zero-order chi connectivity index (χ0) is 17.1. The summed E-state index contributed by atoms with van der Waals surface area (Å²) in [6, 6.07) is 9.79. The molecule has 1 aliphatic rings. The van der Waals surface area contributed by atoms with Crippen LogP contribution in [0, 0.1) is 0 Å². The highest BCUT2D eigenvalue weighted by molar-refractivity contribution is 7.99. The molecule has 1 fully saturated rings. The van der Waals surface area contributed by atoms with Crippen molar-refractivity contribution in [2.75, 3.05) is 23.7 Å². The van der Waals surface area contributed by atoms with E-state index < -0.39 is 0 Å². The Morgan fingerprint density at radius 2 is 1.92 bits per heavy atom. The van der Waals surface area contributed by atoms with Gasteiger partial charge in [0.15, 0.2) is 5.82 Å². The molecule has 0 bridgehead atoms. The smallest absolute Gasteiger partial charge is 0.164 e. The standard InChI is InChI=1S/C18H22ClN3OS/c1-4-24-17-9-16(22-10-12(2)23-13(3)11-22)20-18(21-17)14-7-5-6-8-15(14)19/h5-9,12-13H,4,10-11H2,1-3H3/t12-,13-/m0/s1. The van der Waals surface area contributed by atoms with E-state index in [4.69, 9.17) is 26.3 Å². The molecule has 24 heavy (non-hydrogen) atoms. The maximum atomic E-state index is 6.35. The minimum absolute atomic E-state index is 0.190. The van der Waals surface area contributed by atoms with Gasteiger partial charge in [-0.25, -0.2) is 9.97 Å². The van der Waals surface area contributed by atoms with Gasteiger partial charge in [0.1, 0.15) is 10.8 Å². The van der Waals surface area contributed by atoms with Crippen LogP contribution in [0.25, 0.3) is 11.4 Å². The number of hydrogen-bond acceptors (Lipinski definition) is 5. The molecule has 1 aromatic heterocycles. The molecule has 2 aromatic rings. The van der Waals surface area contributed by atoms with Crippen LogP contribution in [0.2, 0.25) is 5.02 Å². The van der Waals surface area contributed by atoms with Crippen LogP contribution in [0.3, 0.4) is 0 Å². The fourth-order valence-corrected chi connectivity index (χ4v) is 3.78. The van der Waals surface area contributed by atoms with Crippen molar-refractivity contribution in [1.29, 1.82) is 0 Å². The predicted octanol–water partition coefficient (Wildman–Crippen LogP) is 4.52. The second-order valence-electron chi connectivity index (χ2n) is 5.96. The van der Waals surface area contributed by atoms with Crippen molar-refractivity contribution in [2.24, 2.45) is 0 Å². The normalized spacial score (nSPS) is 21.1. The molecule has 0 radical (unpaired) electrons. The first-order chi connectivity index (χ1) is 11.6. The van der Waals surface area contributed by atoms with E-state index in [1.807, 2.05) is 24.3 Å². The van der Waals surface area contributed by atoms with Crippen LogP contribution < -0.4 is 4.90 Å². The van der Waals surface area contributed by atoms with E-state index in [0.717, 1.165) is 35.2 Å². The van der Waals surface area contributed by atoms with Crippen molar-refractivity contribution in [3.05, 3.63) is 35.4 Å². The molecule has 6 heteroatoms. The van der Waals surface area contributed by atoms with Crippen molar-refractivity contribution >= 4 is 29.2 Å². The highest BCUT2D eigenvalue weighted by atomic mass is 35.5. The summed E-state index contributed by atoms with van der Waals surface area (Å²) in [6.45, 7) is 7.99. The summed E-state index contributed by atoms with van der Waals surface area (Å²) in [6.07, 6.45) is 0.379. The van der Waals surface area contributed by atoms with E-state index in [-0.39, 0.29) is 12.2 Å². The monoisotopic (exact) mass is 363 g/mol. The van der Waals surface area contributed by atoms with E-state index in [1.54, 1.807) is 11.8 Å². The summed E-state index contributed by atoms with van der Waals surface area (Å²) in [5.74, 6) is 2.59. The Bertz CT molecular complexity index is 702. The fourth-order valence-electron chi connectivity index (χ4n) is 2.92. The summed E-state index contributed by atoms with van der Waals surface area (Å²) >= 11 is 8.07. The average molecular weight is 364 g/mol. The number of benzene rings is 1. The molecule has 1 aromatic carbocycles. The van der Waals surface area contributed by atoms with Gasteiger partial charge in [0, 0.05) is 24.7 Å². The number of nitrogens with zero attached hydrogens (tertiary/aromatic N) is 3. The van der Waals surface area contributed by atoms with E-state index in [0.29, 0.717) is 10.8 Å². The van der Waals surface area contributed by atoms with E-state index in [9.17, 15) is 0 Å². The second kappa shape index (κ2) is 7.72. The molecule has 0 spiro atoms. The number of ether oxygens (including phenoxy) is 1. The third-order valence-electron chi connectivity index (χ3n) is 3.84. The molecule has 2 atom stereocenters. The third kappa shape index (κ3) is 4.02. The van der Waals surface area contributed by atoms with Crippen LogP contribution in [-0.2, 0) is 4.74 Å². The number of morpholine rings is 1. The number of thioether (sulfide) groups is 1. The summed E-state index contributed by atoms with van der Waals surface area (Å²) < 4.78 is 5.84. The van der Waals surface area contributed by atoms with Gasteiger partial charge in [-0.1, -0.05) is 30.7 Å². The number of aromatic nitrogens is 2. The minimum Gasteiger partial charge on any atom is -0.372 e. The van der Waals surface area contributed by atoms with Crippen molar-refractivity contribution < 1.29 is 4.74 Å². The first-order valence-electron chi connectivity index (χ1n) is 8.24. The van der Waals surface area contributed by atoms with Crippen LogP contribution in [-0.4, -0.2) is 41.0 Å². The number of hydrogen-bond donors (Lipinski definition) is 0.